The normalized spacial score (nSPS) is 14.3. The third-order valence-electron chi connectivity index (χ3n) is 4.46. The van der Waals surface area contributed by atoms with Crippen molar-refractivity contribution in [1.29, 1.82) is 0 Å². The molecule has 2 heterocycles. The number of aryl methyl sites for hydroxylation is 2. The Bertz CT molecular complexity index is 1000. The molecule has 0 aliphatic carbocycles. The summed E-state index contributed by atoms with van der Waals surface area (Å²) in [4.78, 5) is 0.501. The number of nitrogens with zero attached hydrogens (tertiary/aromatic N) is 1. The molecule has 0 amide bonds. The zero-order valence-corrected chi connectivity index (χ0v) is 22.6. The smallest absolute Gasteiger partial charge is 0.269 e. The van der Waals surface area contributed by atoms with Crippen molar-refractivity contribution in [2.45, 2.75) is 47.5 Å². The van der Waals surface area contributed by atoms with Gasteiger partial charge in [-0.15, -0.1) is 11.3 Å². The van der Waals surface area contributed by atoms with Crippen LogP contribution in [-0.4, -0.2) is 26.5 Å². The topological polar surface area (TPSA) is 57.6 Å². The molecule has 3 rings (SSSR count). The summed E-state index contributed by atoms with van der Waals surface area (Å²) in [6.45, 7) is 8.46. The van der Waals surface area contributed by atoms with Crippen LogP contribution in [0.1, 0.15) is 47.9 Å². The summed E-state index contributed by atoms with van der Waals surface area (Å²) in [6, 6.07) is 6.71. The molecule has 0 atom stereocenters. The molecule has 165 valence electrons. The third-order valence-corrected chi connectivity index (χ3v) is 7.59. The van der Waals surface area contributed by atoms with Crippen molar-refractivity contribution < 1.29 is 55.0 Å². The molecular formula is C21H28F2NO3S2Y-. The van der Waals surface area contributed by atoms with E-state index in [4.69, 9.17) is 0 Å². The number of rotatable bonds is 4. The summed E-state index contributed by atoms with van der Waals surface area (Å²) in [6.07, 6.45) is -2.27. The van der Waals surface area contributed by atoms with E-state index in [2.05, 4.69) is 0 Å². The number of thiophene rings is 1. The van der Waals surface area contributed by atoms with Gasteiger partial charge in [-0.05, 0) is 31.4 Å². The molecular weight excluding hydrogens is 505 g/mol. The van der Waals surface area contributed by atoms with Crippen molar-refractivity contribution in [2.24, 2.45) is 0 Å². The number of aliphatic hydroxyl groups excluding tert-OH is 1. The average Bonchev–Trinajstić information content (AvgIpc) is 2.98. The van der Waals surface area contributed by atoms with Gasteiger partial charge < -0.3 is 12.5 Å². The van der Waals surface area contributed by atoms with Crippen LogP contribution in [0.5, 0.6) is 0 Å². The van der Waals surface area contributed by atoms with Gasteiger partial charge in [-0.25, -0.2) is 17.2 Å². The number of fused-ring (bicyclic) bond motifs is 1. The minimum atomic E-state index is -4.32. The number of anilines is 1. The fourth-order valence-electron chi connectivity index (χ4n) is 3.26. The first-order valence-electron chi connectivity index (χ1n) is 9.12. The van der Waals surface area contributed by atoms with E-state index in [0.717, 1.165) is 26.1 Å². The SMILES string of the molecule is CC.CCc1c(C)sc2c1C(O)=C(c1ccccc1C)S(=O)(=O)N2CC(F)F.[CH3-].[Y]. The zero-order chi connectivity index (χ0) is 21.2. The van der Waals surface area contributed by atoms with Gasteiger partial charge in [-0.2, -0.15) is 0 Å². The number of sulfonamides is 1. The molecule has 1 aliphatic rings. The average molecular weight is 533 g/mol. The molecule has 1 aliphatic heterocycles. The van der Waals surface area contributed by atoms with E-state index in [-0.39, 0.29) is 55.8 Å². The van der Waals surface area contributed by atoms with E-state index >= 15 is 0 Å². The number of hydrogen-bond donors (Lipinski definition) is 1. The summed E-state index contributed by atoms with van der Waals surface area (Å²) in [5.41, 5.74) is 2.09. The van der Waals surface area contributed by atoms with Crippen molar-refractivity contribution in [2.75, 3.05) is 10.8 Å². The summed E-state index contributed by atoms with van der Waals surface area (Å²) < 4.78 is 53.4. The molecule has 0 saturated carbocycles. The van der Waals surface area contributed by atoms with Gasteiger partial charge >= 0.3 is 0 Å². The second kappa shape index (κ2) is 11.7. The Labute approximate surface area is 207 Å². The molecule has 1 aromatic carbocycles. The van der Waals surface area contributed by atoms with Crippen LogP contribution in [0.3, 0.4) is 0 Å². The fourth-order valence-corrected chi connectivity index (χ4v) is 6.52. The van der Waals surface area contributed by atoms with Crippen molar-refractivity contribution in [3.05, 3.63) is 58.8 Å². The summed E-state index contributed by atoms with van der Waals surface area (Å²) in [5.74, 6) is -0.360. The number of benzene rings is 1. The molecule has 0 bridgehead atoms. The first-order chi connectivity index (χ1) is 13.2. The summed E-state index contributed by atoms with van der Waals surface area (Å²) in [7, 11) is -4.32. The van der Waals surface area contributed by atoms with Crippen LogP contribution in [0, 0.1) is 21.3 Å². The first kappa shape index (κ1) is 29.2. The van der Waals surface area contributed by atoms with Crippen LogP contribution in [0.2, 0.25) is 0 Å². The zero-order valence-electron chi connectivity index (χ0n) is 18.2. The van der Waals surface area contributed by atoms with Crippen molar-refractivity contribution in [1.82, 2.24) is 0 Å². The number of halogens is 2. The third kappa shape index (κ3) is 5.14. The summed E-state index contributed by atoms with van der Waals surface area (Å²) >= 11 is 1.12. The Morgan fingerprint density at radius 1 is 1.17 bits per heavy atom. The van der Waals surface area contributed by atoms with Crippen LogP contribution >= 0.6 is 11.3 Å². The molecule has 4 nitrogen and oxygen atoms in total. The molecule has 9 heteroatoms. The van der Waals surface area contributed by atoms with Crippen molar-refractivity contribution >= 4 is 37.0 Å². The Balaban J connectivity index is 0.00000204. The van der Waals surface area contributed by atoms with Crippen LogP contribution in [-0.2, 0) is 49.2 Å². The fraction of sp³-hybridized carbons (Fsp3) is 0.381. The van der Waals surface area contributed by atoms with Gasteiger partial charge in [0.1, 0.15) is 15.7 Å². The molecule has 0 spiro atoms. The molecule has 0 fully saturated rings. The maximum absolute atomic E-state index is 13.2. The van der Waals surface area contributed by atoms with Gasteiger partial charge in [0.05, 0.1) is 12.1 Å². The van der Waals surface area contributed by atoms with Crippen molar-refractivity contribution in [3.63, 3.8) is 0 Å². The second-order valence-electron chi connectivity index (χ2n) is 6.09. The predicted octanol–water partition coefficient (Wildman–Crippen LogP) is 6.20. The summed E-state index contributed by atoms with van der Waals surface area (Å²) in [5, 5.41) is 11.1. The van der Waals surface area contributed by atoms with Gasteiger partial charge in [0.15, 0.2) is 0 Å². The molecule has 0 unspecified atom stereocenters. The van der Waals surface area contributed by atoms with Crippen molar-refractivity contribution in [3.8, 4) is 0 Å². The first-order valence-corrected chi connectivity index (χ1v) is 11.4. The quantitative estimate of drug-likeness (QED) is 0.477. The van der Waals surface area contributed by atoms with Crippen LogP contribution in [0.15, 0.2) is 24.3 Å². The van der Waals surface area contributed by atoms with E-state index in [1.807, 2.05) is 20.8 Å². The molecule has 30 heavy (non-hydrogen) atoms. The van der Waals surface area contributed by atoms with Gasteiger partial charge in [0.25, 0.3) is 16.4 Å². The molecule has 1 N–H and O–H groups in total. The van der Waals surface area contributed by atoms with Gasteiger partial charge in [-0.1, -0.05) is 45.0 Å². The Hall–Kier alpha value is -0.826. The van der Waals surface area contributed by atoms with E-state index < -0.39 is 23.0 Å². The predicted molar refractivity (Wildman–Crippen MR) is 119 cm³/mol. The molecule has 0 saturated heterocycles. The number of hydrogen-bond acceptors (Lipinski definition) is 4. The standard InChI is InChI=1S/C18H19F2NO3S2.C2H6.CH3.Y/c1-4-12-11(3)25-18-15(12)16(22)17(13-8-6-5-7-10(13)2)26(23,24)21(18)9-14(19)20;1-2;;/h5-8,14,22H,4,9H2,1-3H3;1-2H3;1H3;/q;;-1;. The van der Waals surface area contributed by atoms with E-state index in [1.54, 1.807) is 38.1 Å². The maximum atomic E-state index is 13.2. The second-order valence-corrected chi connectivity index (χ2v) is 9.09. The number of alkyl halides is 2. The van der Waals surface area contributed by atoms with E-state index in [9.17, 15) is 22.3 Å². The van der Waals surface area contributed by atoms with E-state index in [1.165, 1.54) is 0 Å². The Kier molecular flexibility index (Phi) is 11.4. The van der Waals surface area contributed by atoms with Crippen LogP contribution in [0.25, 0.3) is 10.7 Å². The van der Waals surface area contributed by atoms with E-state index in [0.29, 0.717) is 23.1 Å². The maximum Gasteiger partial charge on any atom is 0.269 e. The molecule has 1 radical (unpaired) electrons. The molecule has 2 aromatic rings. The number of aliphatic hydroxyl groups is 1. The minimum absolute atomic E-state index is 0. The Morgan fingerprint density at radius 2 is 1.73 bits per heavy atom. The van der Waals surface area contributed by atoms with Crippen LogP contribution < -0.4 is 4.31 Å². The van der Waals surface area contributed by atoms with Crippen LogP contribution in [0.4, 0.5) is 13.8 Å². The Morgan fingerprint density at radius 3 is 2.23 bits per heavy atom. The largest absolute Gasteiger partial charge is 0.506 e. The van der Waals surface area contributed by atoms with Gasteiger partial charge in [0, 0.05) is 43.1 Å². The monoisotopic (exact) mass is 533 g/mol. The minimum Gasteiger partial charge on any atom is -0.506 e. The van der Waals surface area contributed by atoms with Gasteiger partial charge in [0.2, 0.25) is 0 Å². The molecule has 1 aromatic heterocycles. The van der Waals surface area contributed by atoms with Gasteiger partial charge in [-0.3, -0.25) is 4.31 Å².